The van der Waals surface area contributed by atoms with Crippen molar-refractivity contribution < 1.29 is 4.79 Å². The first kappa shape index (κ1) is 18.2. The number of hydrogen-bond donors (Lipinski definition) is 1. The second-order valence-corrected chi connectivity index (χ2v) is 6.41. The molecule has 0 heterocycles. The van der Waals surface area contributed by atoms with Gasteiger partial charge in [0.15, 0.2) is 0 Å². The first-order valence-corrected chi connectivity index (χ1v) is 8.54. The third kappa shape index (κ3) is 4.07. The number of carbonyl (C=O) groups excluding carboxylic acids is 1. The smallest absolute Gasteiger partial charge is 0.243 e. The molecule has 0 spiro atoms. The Hall–Kier alpha value is -0.870. The summed E-state index contributed by atoms with van der Waals surface area (Å²) in [6, 6.07) is 8.06. The molecule has 0 saturated heterocycles. The van der Waals surface area contributed by atoms with Crippen LogP contribution in [0.1, 0.15) is 58.6 Å². The summed E-state index contributed by atoms with van der Waals surface area (Å²) < 4.78 is 1.03. The van der Waals surface area contributed by atoms with E-state index in [1.807, 2.05) is 36.9 Å². The van der Waals surface area contributed by atoms with E-state index in [0.29, 0.717) is 12.8 Å². The molecule has 0 bridgehead atoms. The van der Waals surface area contributed by atoms with Crippen LogP contribution in [0.3, 0.4) is 0 Å². The number of nitrogens with zero attached hydrogens (tertiary/aromatic N) is 1. The minimum absolute atomic E-state index is 0.00838. The molecule has 0 aliphatic rings. The molecule has 1 unspecified atom stereocenters. The van der Waals surface area contributed by atoms with Crippen molar-refractivity contribution in [2.45, 2.75) is 58.5 Å². The topological polar surface area (TPSA) is 46.3 Å². The normalized spacial score (nSPS) is 13.0. The largest absolute Gasteiger partial charge is 0.334 e. The van der Waals surface area contributed by atoms with Gasteiger partial charge in [0.05, 0.1) is 11.6 Å². The fraction of sp³-hybridized carbons (Fsp3) is 0.588. The summed E-state index contributed by atoms with van der Waals surface area (Å²) in [7, 11) is 0. The van der Waals surface area contributed by atoms with Gasteiger partial charge in [0.1, 0.15) is 0 Å². The fourth-order valence-electron chi connectivity index (χ4n) is 2.53. The molecule has 1 rings (SSSR count). The standard InChI is InChI=1S/C17H27BrN2O/c1-5-12-20(16(21)17(19,6-2)7-3)13(4)14-10-8-9-11-15(14)18/h8-11,13H,5-7,12,19H2,1-4H3. The maximum Gasteiger partial charge on any atom is 0.243 e. The zero-order valence-corrected chi connectivity index (χ0v) is 15.1. The van der Waals surface area contributed by atoms with Gasteiger partial charge < -0.3 is 10.6 Å². The molecule has 4 heteroatoms. The second-order valence-electron chi connectivity index (χ2n) is 5.56. The molecule has 0 saturated carbocycles. The van der Waals surface area contributed by atoms with E-state index in [1.54, 1.807) is 0 Å². The van der Waals surface area contributed by atoms with Gasteiger partial charge in [0.2, 0.25) is 5.91 Å². The predicted molar refractivity (Wildman–Crippen MR) is 92.1 cm³/mol. The Morgan fingerprint density at radius 3 is 2.33 bits per heavy atom. The highest BCUT2D eigenvalue weighted by Crippen LogP contribution is 2.30. The van der Waals surface area contributed by atoms with Crippen molar-refractivity contribution in [3.63, 3.8) is 0 Å². The third-order valence-electron chi connectivity index (χ3n) is 4.24. The molecule has 1 aromatic carbocycles. The van der Waals surface area contributed by atoms with E-state index in [1.165, 1.54) is 0 Å². The summed E-state index contributed by atoms with van der Waals surface area (Å²) in [6.07, 6.45) is 2.24. The van der Waals surface area contributed by atoms with Crippen LogP contribution in [0.15, 0.2) is 28.7 Å². The van der Waals surface area contributed by atoms with Crippen LogP contribution in [0.2, 0.25) is 0 Å². The van der Waals surface area contributed by atoms with Gasteiger partial charge in [-0.05, 0) is 37.8 Å². The van der Waals surface area contributed by atoms with Gasteiger partial charge in [-0.1, -0.05) is 54.9 Å². The third-order valence-corrected chi connectivity index (χ3v) is 4.96. The summed E-state index contributed by atoms with van der Waals surface area (Å²) >= 11 is 3.58. The molecular weight excluding hydrogens is 328 g/mol. The lowest BCUT2D eigenvalue weighted by Gasteiger charge is -2.37. The first-order valence-electron chi connectivity index (χ1n) is 7.75. The molecule has 0 aromatic heterocycles. The molecule has 1 aromatic rings. The molecule has 0 radical (unpaired) electrons. The fourth-order valence-corrected chi connectivity index (χ4v) is 3.15. The van der Waals surface area contributed by atoms with E-state index in [0.717, 1.165) is 23.0 Å². The molecule has 0 aliphatic heterocycles. The molecule has 1 atom stereocenters. The van der Waals surface area contributed by atoms with E-state index in [4.69, 9.17) is 5.73 Å². The summed E-state index contributed by atoms with van der Waals surface area (Å²) in [6.45, 7) is 8.84. The van der Waals surface area contributed by atoms with Crippen molar-refractivity contribution >= 4 is 21.8 Å². The van der Waals surface area contributed by atoms with E-state index in [-0.39, 0.29) is 11.9 Å². The Morgan fingerprint density at radius 1 is 1.29 bits per heavy atom. The molecular formula is C17H27BrN2O. The van der Waals surface area contributed by atoms with Crippen LogP contribution in [0.4, 0.5) is 0 Å². The van der Waals surface area contributed by atoms with Crippen molar-refractivity contribution in [2.75, 3.05) is 6.54 Å². The highest BCUT2D eigenvalue weighted by atomic mass is 79.9. The lowest BCUT2D eigenvalue weighted by molar-refractivity contribution is -0.139. The zero-order chi connectivity index (χ0) is 16.0. The van der Waals surface area contributed by atoms with Crippen molar-refractivity contribution in [1.29, 1.82) is 0 Å². The SMILES string of the molecule is CCCN(C(=O)C(N)(CC)CC)C(C)c1ccccc1Br. The van der Waals surface area contributed by atoms with E-state index >= 15 is 0 Å². The van der Waals surface area contributed by atoms with Crippen LogP contribution < -0.4 is 5.73 Å². The number of rotatable bonds is 7. The number of carbonyl (C=O) groups is 1. The Bertz CT molecular complexity index is 472. The van der Waals surface area contributed by atoms with Crippen molar-refractivity contribution in [3.8, 4) is 0 Å². The maximum atomic E-state index is 12.9. The van der Waals surface area contributed by atoms with Crippen LogP contribution in [0.5, 0.6) is 0 Å². The maximum absolute atomic E-state index is 12.9. The highest BCUT2D eigenvalue weighted by molar-refractivity contribution is 9.10. The van der Waals surface area contributed by atoms with E-state index in [9.17, 15) is 4.79 Å². The Balaban J connectivity index is 3.12. The van der Waals surface area contributed by atoms with E-state index in [2.05, 4.69) is 35.8 Å². The van der Waals surface area contributed by atoms with Crippen molar-refractivity contribution in [3.05, 3.63) is 34.3 Å². The van der Waals surface area contributed by atoms with Gasteiger partial charge in [0, 0.05) is 11.0 Å². The lowest BCUT2D eigenvalue weighted by atomic mass is 9.91. The minimum atomic E-state index is -0.759. The molecule has 0 aliphatic carbocycles. The summed E-state index contributed by atoms with van der Waals surface area (Å²) in [4.78, 5) is 14.9. The number of halogens is 1. The Labute approximate surface area is 137 Å². The van der Waals surface area contributed by atoms with Crippen LogP contribution in [-0.4, -0.2) is 22.9 Å². The monoisotopic (exact) mass is 354 g/mol. The Kier molecular flexibility index (Phi) is 6.88. The van der Waals surface area contributed by atoms with Gasteiger partial charge in [-0.2, -0.15) is 0 Å². The summed E-state index contributed by atoms with van der Waals surface area (Å²) in [5.41, 5.74) is 6.68. The van der Waals surface area contributed by atoms with Crippen molar-refractivity contribution in [2.24, 2.45) is 5.73 Å². The van der Waals surface area contributed by atoms with Gasteiger partial charge in [-0.15, -0.1) is 0 Å². The van der Waals surface area contributed by atoms with Crippen LogP contribution in [0, 0.1) is 0 Å². The van der Waals surface area contributed by atoms with Crippen LogP contribution >= 0.6 is 15.9 Å². The minimum Gasteiger partial charge on any atom is -0.334 e. The number of amides is 1. The number of nitrogens with two attached hydrogens (primary N) is 1. The first-order chi connectivity index (χ1) is 9.91. The van der Waals surface area contributed by atoms with Gasteiger partial charge in [-0.3, -0.25) is 4.79 Å². The van der Waals surface area contributed by atoms with Crippen LogP contribution in [0.25, 0.3) is 0 Å². The van der Waals surface area contributed by atoms with Crippen molar-refractivity contribution in [1.82, 2.24) is 4.90 Å². The average molecular weight is 355 g/mol. The number of benzene rings is 1. The molecule has 1 amide bonds. The van der Waals surface area contributed by atoms with Gasteiger partial charge in [0.25, 0.3) is 0 Å². The molecule has 0 fully saturated rings. The van der Waals surface area contributed by atoms with Gasteiger partial charge in [-0.25, -0.2) is 0 Å². The number of hydrogen-bond acceptors (Lipinski definition) is 2. The predicted octanol–water partition coefficient (Wildman–Crippen LogP) is 4.27. The van der Waals surface area contributed by atoms with Gasteiger partial charge >= 0.3 is 0 Å². The summed E-state index contributed by atoms with van der Waals surface area (Å²) in [5, 5.41) is 0. The van der Waals surface area contributed by atoms with E-state index < -0.39 is 5.54 Å². The molecule has 3 nitrogen and oxygen atoms in total. The second kappa shape index (κ2) is 7.95. The molecule has 21 heavy (non-hydrogen) atoms. The summed E-state index contributed by atoms with van der Waals surface area (Å²) in [5.74, 6) is 0.0533. The van der Waals surface area contributed by atoms with Crippen LogP contribution in [-0.2, 0) is 4.79 Å². The average Bonchev–Trinajstić information content (AvgIpc) is 2.51. The quantitative estimate of drug-likeness (QED) is 0.794. The molecule has 2 N–H and O–H groups in total. The molecule has 118 valence electrons. The zero-order valence-electron chi connectivity index (χ0n) is 13.5. The Morgan fingerprint density at radius 2 is 1.86 bits per heavy atom. The lowest BCUT2D eigenvalue weighted by Crippen LogP contribution is -2.55. The highest BCUT2D eigenvalue weighted by Gasteiger charge is 2.36.